The number of benzene rings is 2. The van der Waals surface area contributed by atoms with E-state index in [0.717, 1.165) is 4.68 Å². The van der Waals surface area contributed by atoms with Crippen LogP contribution < -0.4 is 11.0 Å². The van der Waals surface area contributed by atoms with Crippen LogP contribution in [0.3, 0.4) is 0 Å². The number of hydrogen-bond acceptors (Lipinski definition) is 3. The number of halogens is 3. The lowest BCUT2D eigenvalue weighted by Gasteiger charge is -2.14. The molecule has 3 aromatic rings. The van der Waals surface area contributed by atoms with Crippen LogP contribution in [0.15, 0.2) is 53.6 Å². The van der Waals surface area contributed by atoms with Gasteiger partial charge in [0.2, 0.25) is 5.91 Å². The van der Waals surface area contributed by atoms with Crippen molar-refractivity contribution in [3.05, 3.63) is 80.7 Å². The molecule has 6 nitrogen and oxygen atoms in total. The minimum atomic E-state index is -0.562. The molecular formula is C18H15Cl2FN4O2. The monoisotopic (exact) mass is 408 g/mol. The first-order chi connectivity index (χ1) is 12.8. The van der Waals surface area contributed by atoms with E-state index in [1.807, 2.05) is 0 Å². The molecule has 1 atom stereocenters. The molecule has 1 N–H and O–H groups in total. The lowest BCUT2D eigenvalue weighted by Crippen LogP contribution is -2.34. The van der Waals surface area contributed by atoms with E-state index in [0.29, 0.717) is 16.3 Å². The molecule has 2 aromatic carbocycles. The average Bonchev–Trinajstić information content (AvgIpc) is 2.98. The molecule has 0 aliphatic rings. The van der Waals surface area contributed by atoms with Crippen molar-refractivity contribution in [2.75, 3.05) is 0 Å². The molecule has 0 bridgehead atoms. The fourth-order valence-electron chi connectivity index (χ4n) is 2.51. The number of carbonyl (C=O) groups excluding carboxylic acids is 1. The van der Waals surface area contributed by atoms with Crippen molar-refractivity contribution in [3.8, 4) is 5.69 Å². The van der Waals surface area contributed by atoms with Gasteiger partial charge in [0.15, 0.2) is 0 Å². The fourth-order valence-corrected chi connectivity index (χ4v) is 2.76. The zero-order valence-corrected chi connectivity index (χ0v) is 15.7. The number of hydrogen-bond donors (Lipinski definition) is 1. The molecule has 27 heavy (non-hydrogen) atoms. The van der Waals surface area contributed by atoms with Gasteiger partial charge in [-0.25, -0.2) is 18.4 Å². The van der Waals surface area contributed by atoms with Crippen molar-refractivity contribution in [2.45, 2.75) is 19.5 Å². The molecule has 1 amide bonds. The number of carbonyl (C=O) groups is 1. The van der Waals surface area contributed by atoms with Crippen molar-refractivity contribution in [1.82, 2.24) is 19.7 Å². The summed E-state index contributed by atoms with van der Waals surface area (Å²) in [6.45, 7) is 1.44. The Morgan fingerprint density at radius 1 is 1.22 bits per heavy atom. The predicted octanol–water partition coefficient (Wildman–Crippen LogP) is 3.36. The largest absolute Gasteiger partial charge is 0.350 e. The molecule has 0 radical (unpaired) electrons. The molecule has 0 saturated carbocycles. The first-order valence-electron chi connectivity index (χ1n) is 8.00. The van der Waals surface area contributed by atoms with E-state index in [4.69, 9.17) is 23.2 Å². The van der Waals surface area contributed by atoms with Crippen LogP contribution in [-0.4, -0.2) is 20.3 Å². The van der Waals surface area contributed by atoms with E-state index in [1.165, 1.54) is 23.0 Å². The molecule has 0 saturated heterocycles. The Kier molecular flexibility index (Phi) is 5.62. The van der Waals surface area contributed by atoms with Gasteiger partial charge in [-0.2, -0.15) is 5.10 Å². The first kappa shape index (κ1) is 19.1. The van der Waals surface area contributed by atoms with Crippen molar-refractivity contribution in [3.63, 3.8) is 0 Å². The van der Waals surface area contributed by atoms with Gasteiger partial charge in [0, 0.05) is 5.02 Å². The van der Waals surface area contributed by atoms with Crippen LogP contribution in [0.5, 0.6) is 0 Å². The predicted molar refractivity (Wildman–Crippen MR) is 101 cm³/mol. The zero-order valence-electron chi connectivity index (χ0n) is 14.2. The van der Waals surface area contributed by atoms with Crippen LogP contribution >= 0.6 is 23.2 Å². The maximum atomic E-state index is 13.6. The molecule has 1 heterocycles. The average molecular weight is 409 g/mol. The Morgan fingerprint density at radius 2 is 1.93 bits per heavy atom. The summed E-state index contributed by atoms with van der Waals surface area (Å²) >= 11 is 11.5. The molecule has 0 aliphatic carbocycles. The van der Waals surface area contributed by atoms with Gasteiger partial charge in [0.25, 0.3) is 0 Å². The quantitative estimate of drug-likeness (QED) is 0.703. The SMILES string of the molecule is C[C@H](NC(=O)Cn1ncn(-c2ccc(Cl)cc2)c1=O)c1ccc(Cl)c(F)c1. The Bertz CT molecular complexity index is 1030. The molecule has 9 heteroatoms. The number of nitrogens with zero attached hydrogens (tertiary/aromatic N) is 3. The fraction of sp³-hybridized carbons (Fsp3) is 0.167. The summed E-state index contributed by atoms with van der Waals surface area (Å²) < 4.78 is 15.9. The van der Waals surface area contributed by atoms with Gasteiger partial charge in [0.05, 0.1) is 16.8 Å². The van der Waals surface area contributed by atoms with Gasteiger partial charge in [0.1, 0.15) is 18.7 Å². The van der Waals surface area contributed by atoms with Gasteiger partial charge in [-0.05, 0) is 48.9 Å². The highest BCUT2D eigenvalue weighted by Gasteiger charge is 2.14. The van der Waals surface area contributed by atoms with Gasteiger partial charge < -0.3 is 5.32 Å². The number of rotatable bonds is 5. The molecular weight excluding hydrogens is 394 g/mol. The lowest BCUT2D eigenvalue weighted by atomic mass is 10.1. The van der Waals surface area contributed by atoms with Crippen LogP contribution in [0.4, 0.5) is 4.39 Å². The third-order valence-electron chi connectivity index (χ3n) is 3.95. The van der Waals surface area contributed by atoms with Gasteiger partial charge in [-0.3, -0.25) is 4.79 Å². The Balaban J connectivity index is 1.70. The van der Waals surface area contributed by atoms with Crippen LogP contribution in [-0.2, 0) is 11.3 Å². The van der Waals surface area contributed by atoms with E-state index in [2.05, 4.69) is 10.4 Å². The molecule has 3 rings (SSSR count). The Hall–Kier alpha value is -2.64. The molecule has 0 fully saturated rings. The van der Waals surface area contributed by atoms with Crippen molar-refractivity contribution in [1.29, 1.82) is 0 Å². The summed E-state index contributed by atoms with van der Waals surface area (Å²) in [5.41, 5.74) is 0.683. The molecule has 0 aliphatic heterocycles. The van der Waals surface area contributed by atoms with Crippen LogP contribution in [0, 0.1) is 5.82 Å². The van der Waals surface area contributed by atoms with Crippen LogP contribution in [0.1, 0.15) is 18.5 Å². The van der Waals surface area contributed by atoms with Crippen LogP contribution in [0.2, 0.25) is 10.0 Å². The standard InChI is InChI=1S/C18H15Cl2FN4O2/c1-11(12-2-7-15(20)16(21)8-12)23-17(26)9-25-18(27)24(10-22-25)14-5-3-13(19)4-6-14/h2-8,10-11H,9H2,1H3,(H,23,26)/t11-/m0/s1. The second-order valence-electron chi connectivity index (χ2n) is 5.88. The van der Waals surface area contributed by atoms with Gasteiger partial charge in [-0.15, -0.1) is 0 Å². The second-order valence-corrected chi connectivity index (χ2v) is 6.72. The minimum absolute atomic E-state index is 0.0107. The van der Waals surface area contributed by atoms with Crippen molar-refractivity contribution >= 4 is 29.1 Å². The third-order valence-corrected chi connectivity index (χ3v) is 4.51. The van der Waals surface area contributed by atoms with E-state index in [9.17, 15) is 14.0 Å². The lowest BCUT2D eigenvalue weighted by molar-refractivity contribution is -0.122. The van der Waals surface area contributed by atoms with E-state index in [-0.39, 0.29) is 11.6 Å². The second kappa shape index (κ2) is 7.94. The van der Waals surface area contributed by atoms with Crippen molar-refractivity contribution < 1.29 is 9.18 Å². The summed E-state index contributed by atoms with van der Waals surface area (Å²) in [5, 5.41) is 7.21. The molecule has 1 aromatic heterocycles. The van der Waals surface area contributed by atoms with Gasteiger partial charge >= 0.3 is 5.69 Å². The molecule has 140 valence electrons. The van der Waals surface area contributed by atoms with Gasteiger partial charge in [-0.1, -0.05) is 29.3 Å². The topological polar surface area (TPSA) is 68.9 Å². The highest BCUT2D eigenvalue weighted by molar-refractivity contribution is 6.30. The summed E-state index contributed by atoms with van der Waals surface area (Å²) in [6.07, 6.45) is 1.33. The molecule has 0 spiro atoms. The maximum absolute atomic E-state index is 13.6. The van der Waals surface area contributed by atoms with E-state index < -0.39 is 23.5 Å². The zero-order chi connectivity index (χ0) is 19.6. The summed E-state index contributed by atoms with van der Waals surface area (Å²) in [5.74, 6) is -0.991. The van der Waals surface area contributed by atoms with E-state index in [1.54, 1.807) is 37.3 Å². The maximum Gasteiger partial charge on any atom is 0.350 e. The Morgan fingerprint density at radius 3 is 2.59 bits per heavy atom. The minimum Gasteiger partial charge on any atom is -0.348 e. The normalized spacial score (nSPS) is 12.0. The van der Waals surface area contributed by atoms with E-state index >= 15 is 0 Å². The highest BCUT2D eigenvalue weighted by Crippen LogP contribution is 2.20. The number of aromatic nitrogens is 3. The summed E-state index contributed by atoms with van der Waals surface area (Å²) in [6, 6.07) is 10.5. The smallest absolute Gasteiger partial charge is 0.348 e. The molecule has 0 unspecified atom stereocenters. The van der Waals surface area contributed by atoms with Crippen LogP contribution in [0.25, 0.3) is 5.69 Å². The number of amides is 1. The van der Waals surface area contributed by atoms with Crippen molar-refractivity contribution in [2.24, 2.45) is 0 Å². The first-order valence-corrected chi connectivity index (χ1v) is 8.75. The summed E-state index contributed by atoms with van der Waals surface area (Å²) in [7, 11) is 0. The third kappa shape index (κ3) is 4.37. The Labute approximate surface area is 164 Å². The summed E-state index contributed by atoms with van der Waals surface area (Å²) in [4.78, 5) is 24.6. The number of nitrogens with one attached hydrogen (secondary N) is 1. The highest BCUT2D eigenvalue weighted by atomic mass is 35.5.